The fourth-order valence-electron chi connectivity index (χ4n) is 1.95. The lowest BCUT2D eigenvalue weighted by atomic mass is 10.3. The normalized spacial score (nSPS) is 10.5. The summed E-state index contributed by atoms with van der Waals surface area (Å²) in [5.41, 5.74) is 6.73. The average molecular weight is 374 g/mol. The van der Waals surface area contributed by atoms with Gasteiger partial charge in [-0.15, -0.1) is 0 Å². The number of esters is 1. The molecular formula is C18H16F2N4O3. The van der Waals surface area contributed by atoms with Crippen LogP contribution in [0.5, 0.6) is 0 Å². The van der Waals surface area contributed by atoms with E-state index in [9.17, 15) is 18.4 Å². The van der Waals surface area contributed by atoms with Gasteiger partial charge in [0.1, 0.15) is 11.6 Å². The van der Waals surface area contributed by atoms with Gasteiger partial charge in [0.25, 0.3) is 0 Å². The molecule has 0 spiro atoms. The number of fused-ring (bicyclic) bond motifs is 1. The number of H-pyrrole nitrogens is 1. The number of halogens is 2. The second kappa shape index (κ2) is 9.18. The van der Waals surface area contributed by atoms with E-state index in [2.05, 4.69) is 19.7 Å². The van der Waals surface area contributed by atoms with Crippen LogP contribution in [0.4, 0.5) is 14.5 Å². The molecule has 0 fully saturated rings. The molecule has 9 heteroatoms. The van der Waals surface area contributed by atoms with Crippen LogP contribution in [0.3, 0.4) is 0 Å². The molecule has 0 aliphatic carbocycles. The number of pyridine rings is 3. The summed E-state index contributed by atoms with van der Waals surface area (Å²) in [5.74, 6) is -1.45. The van der Waals surface area contributed by atoms with Crippen molar-refractivity contribution in [1.82, 2.24) is 15.0 Å². The van der Waals surface area contributed by atoms with E-state index in [0.717, 1.165) is 18.5 Å². The Morgan fingerprint density at radius 1 is 1.22 bits per heavy atom. The molecule has 0 aliphatic rings. The minimum atomic E-state index is -0.513. The molecule has 0 amide bonds. The van der Waals surface area contributed by atoms with Crippen LogP contribution in [0.15, 0.2) is 47.5 Å². The molecule has 7 nitrogen and oxygen atoms in total. The predicted octanol–water partition coefficient (Wildman–Crippen LogP) is 2.44. The number of aromatic nitrogens is 3. The van der Waals surface area contributed by atoms with Gasteiger partial charge in [0.05, 0.1) is 41.4 Å². The summed E-state index contributed by atoms with van der Waals surface area (Å²) in [6, 6.07) is 5.28. The first-order chi connectivity index (χ1) is 12.9. The van der Waals surface area contributed by atoms with Gasteiger partial charge < -0.3 is 15.5 Å². The Hall–Kier alpha value is -3.62. The average Bonchev–Trinajstić information content (AvgIpc) is 2.61. The number of carbonyl (C=O) groups is 1. The molecule has 0 saturated carbocycles. The van der Waals surface area contributed by atoms with Gasteiger partial charge in [-0.1, -0.05) is 0 Å². The van der Waals surface area contributed by atoms with Crippen molar-refractivity contribution >= 4 is 28.8 Å². The highest BCUT2D eigenvalue weighted by molar-refractivity contribution is 5.87. The number of hydrogen-bond acceptors (Lipinski definition) is 6. The van der Waals surface area contributed by atoms with Crippen LogP contribution in [0, 0.1) is 11.6 Å². The number of nitrogens with zero attached hydrogens (tertiary/aromatic N) is 2. The Labute approximate surface area is 152 Å². The van der Waals surface area contributed by atoms with Gasteiger partial charge in [-0.05, 0) is 19.1 Å². The van der Waals surface area contributed by atoms with E-state index >= 15 is 0 Å². The van der Waals surface area contributed by atoms with Gasteiger partial charge in [0, 0.05) is 24.3 Å². The molecular weight excluding hydrogens is 358 g/mol. The number of rotatable bonds is 3. The first-order valence-corrected chi connectivity index (χ1v) is 7.79. The van der Waals surface area contributed by atoms with Crippen molar-refractivity contribution in [3.63, 3.8) is 0 Å². The zero-order chi connectivity index (χ0) is 19.8. The maximum atomic E-state index is 12.6. The van der Waals surface area contributed by atoms with Gasteiger partial charge in [-0.3, -0.25) is 14.8 Å². The fraction of sp³-hybridized carbons (Fsp3) is 0.111. The van der Waals surface area contributed by atoms with Crippen LogP contribution >= 0.6 is 0 Å². The van der Waals surface area contributed by atoms with Gasteiger partial charge in [0.15, 0.2) is 0 Å². The summed E-state index contributed by atoms with van der Waals surface area (Å²) in [7, 11) is 0. The molecule has 0 bridgehead atoms. The Morgan fingerprint density at radius 3 is 2.63 bits per heavy atom. The number of ether oxygens (including phenoxy) is 1. The summed E-state index contributed by atoms with van der Waals surface area (Å²) in [6.45, 7) is 2.01. The zero-order valence-electron chi connectivity index (χ0n) is 14.3. The van der Waals surface area contributed by atoms with Gasteiger partial charge in [-0.25, -0.2) is 13.6 Å². The highest BCUT2D eigenvalue weighted by Gasteiger charge is 2.00. The fourth-order valence-corrected chi connectivity index (χ4v) is 1.95. The lowest BCUT2D eigenvalue weighted by Gasteiger charge is -1.98. The highest BCUT2D eigenvalue weighted by atomic mass is 19.1. The molecule has 3 aromatic heterocycles. The van der Waals surface area contributed by atoms with E-state index in [1.807, 2.05) is 0 Å². The van der Waals surface area contributed by atoms with Gasteiger partial charge in [0.2, 0.25) is 5.56 Å². The molecule has 0 atom stereocenters. The summed E-state index contributed by atoms with van der Waals surface area (Å²) in [5, 5.41) is 0. The number of anilines is 1. The second-order valence-electron chi connectivity index (χ2n) is 5.12. The molecule has 140 valence electrons. The Balaban J connectivity index is 0.000000198. The minimum Gasteiger partial charge on any atom is -0.463 e. The van der Waals surface area contributed by atoms with Crippen molar-refractivity contribution < 1.29 is 18.3 Å². The Bertz CT molecular complexity index is 1030. The topological polar surface area (TPSA) is 111 Å². The summed E-state index contributed by atoms with van der Waals surface area (Å²) < 4.78 is 29.9. The standard InChI is InChI=1S/C10H11FN2O2.C8H5FN2O/c1-2-15-10(14)4-3-9-8(12)5-7(11)6-13-9;9-5-3-7-6(10-4-5)1-2-8(12)11-7/h3-6H,2,12H2,1H3;1-4H,(H,11,12). The summed E-state index contributed by atoms with van der Waals surface area (Å²) >= 11 is 0. The number of nitrogens with one attached hydrogen (secondary N) is 1. The molecule has 3 heterocycles. The second-order valence-corrected chi connectivity index (χ2v) is 5.12. The molecule has 3 rings (SSSR count). The van der Waals surface area contributed by atoms with Crippen LogP contribution < -0.4 is 11.3 Å². The number of nitrogens with two attached hydrogens (primary N) is 1. The quantitative estimate of drug-likeness (QED) is 0.538. The molecule has 0 aromatic carbocycles. The van der Waals surface area contributed by atoms with Crippen LogP contribution in [-0.2, 0) is 9.53 Å². The third kappa shape index (κ3) is 5.99. The molecule has 3 aromatic rings. The van der Waals surface area contributed by atoms with E-state index in [1.165, 1.54) is 24.3 Å². The first-order valence-electron chi connectivity index (χ1n) is 7.79. The SMILES string of the molecule is CCOC(=O)C=Cc1ncc(F)cc1N.O=c1ccc2ncc(F)cc2[nH]1. The monoisotopic (exact) mass is 374 g/mol. The predicted molar refractivity (Wildman–Crippen MR) is 96.6 cm³/mol. The van der Waals surface area contributed by atoms with E-state index < -0.39 is 17.6 Å². The maximum absolute atomic E-state index is 12.6. The van der Waals surface area contributed by atoms with Crippen molar-refractivity contribution in [3.8, 4) is 0 Å². The number of hydrogen-bond donors (Lipinski definition) is 2. The van der Waals surface area contributed by atoms with E-state index in [0.29, 0.717) is 23.3 Å². The summed E-state index contributed by atoms with van der Waals surface area (Å²) in [6.07, 6.45) is 4.72. The third-order valence-electron chi connectivity index (χ3n) is 3.12. The zero-order valence-corrected chi connectivity index (χ0v) is 14.3. The third-order valence-corrected chi connectivity index (χ3v) is 3.12. The molecule has 0 saturated heterocycles. The largest absolute Gasteiger partial charge is 0.463 e. The highest BCUT2D eigenvalue weighted by Crippen LogP contribution is 2.11. The van der Waals surface area contributed by atoms with Crippen molar-refractivity contribution in [2.24, 2.45) is 0 Å². The lowest BCUT2D eigenvalue weighted by molar-refractivity contribution is -0.137. The number of aromatic amines is 1. The Morgan fingerprint density at radius 2 is 1.93 bits per heavy atom. The Kier molecular flexibility index (Phi) is 6.70. The molecule has 0 radical (unpaired) electrons. The number of nitrogen functional groups attached to an aromatic ring is 1. The van der Waals surface area contributed by atoms with Crippen molar-refractivity contribution in [2.75, 3.05) is 12.3 Å². The smallest absolute Gasteiger partial charge is 0.330 e. The number of carbonyl (C=O) groups excluding carboxylic acids is 1. The molecule has 3 N–H and O–H groups in total. The molecule has 27 heavy (non-hydrogen) atoms. The lowest BCUT2D eigenvalue weighted by Crippen LogP contribution is -2.02. The maximum Gasteiger partial charge on any atom is 0.330 e. The van der Waals surface area contributed by atoms with Gasteiger partial charge in [-0.2, -0.15) is 0 Å². The minimum absolute atomic E-state index is 0.176. The van der Waals surface area contributed by atoms with Crippen molar-refractivity contribution in [3.05, 3.63) is 70.4 Å². The van der Waals surface area contributed by atoms with Crippen LogP contribution in [-0.4, -0.2) is 27.5 Å². The van der Waals surface area contributed by atoms with Crippen molar-refractivity contribution in [2.45, 2.75) is 6.92 Å². The van der Waals surface area contributed by atoms with E-state index in [1.54, 1.807) is 13.0 Å². The van der Waals surface area contributed by atoms with Crippen molar-refractivity contribution in [1.29, 1.82) is 0 Å². The van der Waals surface area contributed by atoms with E-state index in [4.69, 9.17) is 5.73 Å². The molecule has 0 unspecified atom stereocenters. The van der Waals surface area contributed by atoms with Gasteiger partial charge >= 0.3 is 5.97 Å². The van der Waals surface area contributed by atoms with E-state index in [-0.39, 0.29) is 11.2 Å². The molecule has 0 aliphatic heterocycles. The van der Waals surface area contributed by atoms with Crippen LogP contribution in [0.1, 0.15) is 12.6 Å². The van der Waals surface area contributed by atoms with Crippen LogP contribution in [0.2, 0.25) is 0 Å². The first kappa shape index (κ1) is 19.7. The summed E-state index contributed by atoms with van der Waals surface area (Å²) in [4.78, 5) is 31.7. The van der Waals surface area contributed by atoms with Crippen LogP contribution in [0.25, 0.3) is 17.1 Å².